The Kier molecular flexibility index (Phi) is 6.14. The predicted octanol–water partition coefficient (Wildman–Crippen LogP) is 1.48. The van der Waals surface area contributed by atoms with E-state index in [0.29, 0.717) is 24.1 Å². The van der Waals surface area contributed by atoms with Crippen LogP contribution in [0.1, 0.15) is 31.4 Å². The highest BCUT2D eigenvalue weighted by molar-refractivity contribution is 7.88. The smallest absolute Gasteiger partial charge is 0.218 e. The Hall–Kier alpha value is -1.42. The van der Waals surface area contributed by atoms with Crippen molar-refractivity contribution in [1.82, 2.24) is 4.31 Å². The third-order valence-corrected chi connectivity index (χ3v) is 4.92. The molecule has 0 heterocycles. The molecule has 0 aliphatic rings. The zero-order chi connectivity index (χ0) is 15.2. The third-order valence-electron chi connectivity index (χ3n) is 2.90. The molecule has 1 aromatic rings. The van der Waals surface area contributed by atoms with Gasteiger partial charge in [-0.1, -0.05) is 12.1 Å². The third kappa shape index (κ3) is 4.60. The summed E-state index contributed by atoms with van der Waals surface area (Å²) < 4.78 is 26.2. The van der Waals surface area contributed by atoms with E-state index in [1.807, 2.05) is 19.9 Å². The van der Waals surface area contributed by atoms with Crippen LogP contribution in [0.2, 0.25) is 0 Å². The highest BCUT2D eigenvalue weighted by Crippen LogP contribution is 2.15. The lowest BCUT2D eigenvalue weighted by Gasteiger charge is -2.25. The molecule has 1 rings (SSSR count). The van der Waals surface area contributed by atoms with Crippen molar-refractivity contribution in [2.24, 2.45) is 0 Å². The molecule has 1 aromatic carbocycles. The predicted molar refractivity (Wildman–Crippen MR) is 77.3 cm³/mol. The largest absolute Gasteiger partial charge is 0.396 e. The molecule has 0 fully saturated rings. The molecule has 0 unspecified atom stereocenters. The molecular formula is C14H20N2O3S. The highest BCUT2D eigenvalue weighted by atomic mass is 32.2. The zero-order valence-corrected chi connectivity index (χ0v) is 12.6. The summed E-state index contributed by atoms with van der Waals surface area (Å²) in [6.45, 7) is 3.91. The first kappa shape index (κ1) is 16.6. The molecular weight excluding hydrogens is 276 g/mol. The Morgan fingerprint density at radius 3 is 2.35 bits per heavy atom. The Morgan fingerprint density at radius 1 is 1.30 bits per heavy atom. The van der Waals surface area contributed by atoms with E-state index in [2.05, 4.69) is 0 Å². The van der Waals surface area contributed by atoms with Crippen LogP contribution >= 0.6 is 0 Å². The van der Waals surface area contributed by atoms with Gasteiger partial charge in [0, 0.05) is 19.2 Å². The molecule has 0 bridgehead atoms. The summed E-state index contributed by atoms with van der Waals surface area (Å²) in [5, 5.41) is 17.6. The Balaban J connectivity index is 2.87. The van der Waals surface area contributed by atoms with Gasteiger partial charge in [-0.05, 0) is 38.0 Å². The molecule has 0 aromatic heterocycles. The van der Waals surface area contributed by atoms with Crippen LogP contribution in [-0.2, 0) is 15.8 Å². The van der Waals surface area contributed by atoms with E-state index in [-0.39, 0.29) is 18.4 Å². The van der Waals surface area contributed by atoms with Crippen LogP contribution in [0.3, 0.4) is 0 Å². The summed E-state index contributed by atoms with van der Waals surface area (Å²) in [6, 6.07) is 8.38. The summed E-state index contributed by atoms with van der Waals surface area (Å²) in [7, 11) is -3.43. The molecule has 1 N–H and O–H groups in total. The second kappa shape index (κ2) is 7.39. The van der Waals surface area contributed by atoms with Gasteiger partial charge < -0.3 is 5.11 Å². The van der Waals surface area contributed by atoms with Crippen LogP contribution in [0.15, 0.2) is 24.3 Å². The fourth-order valence-corrected chi connectivity index (χ4v) is 3.74. The van der Waals surface area contributed by atoms with Gasteiger partial charge in [0.1, 0.15) is 0 Å². The molecule has 110 valence electrons. The second-order valence-electron chi connectivity index (χ2n) is 4.85. The van der Waals surface area contributed by atoms with Gasteiger partial charge in [-0.3, -0.25) is 0 Å². The Morgan fingerprint density at radius 2 is 1.90 bits per heavy atom. The van der Waals surface area contributed by atoms with Gasteiger partial charge >= 0.3 is 0 Å². The summed E-state index contributed by atoms with van der Waals surface area (Å²) in [4.78, 5) is 0. The normalized spacial score (nSPS) is 11.8. The van der Waals surface area contributed by atoms with Crippen molar-refractivity contribution >= 4 is 10.0 Å². The highest BCUT2D eigenvalue weighted by Gasteiger charge is 2.24. The molecule has 0 aliphatic heterocycles. The minimum atomic E-state index is -3.43. The van der Waals surface area contributed by atoms with Crippen LogP contribution in [0.5, 0.6) is 0 Å². The average molecular weight is 296 g/mol. The van der Waals surface area contributed by atoms with Crippen molar-refractivity contribution in [2.45, 2.75) is 32.1 Å². The first-order valence-electron chi connectivity index (χ1n) is 6.50. The van der Waals surface area contributed by atoms with Crippen LogP contribution in [0.25, 0.3) is 0 Å². The standard InChI is InChI=1S/C14H20N2O3S/c1-12(2)16(8-3-9-17)20(18,19)11-14-6-4-13(10-15)5-7-14/h4-7,12,17H,3,8-9,11H2,1-2H3. The van der Waals surface area contributed by atoms with Crippen LogP contribution < -0.4 is 0 Å². The number of nitriles is 1. The lowest BCUT2D eigenvalue weighted by Crippen LogP contribution is -2.38. The van der Waals surface area contributed by atoms with Crippen molar-refractivity contribution in [3.05, 3.63) is 35.4 Å². The first-order valence-corrected chi connectivity index (χ1v) is 8.11. The number of benzene rings is 1. The number of rotatable bonds is 7. The molecule has 0 radical (unpaired) electrons. The topological polar surface area (TPSA) is 81.4 Å². The van der Waals surface area contributed by atoms with Gasteiger partial charge in [0.05, 0.1) is 17.4 Å². The lowest BCUT2D eigenvalue weighted by molar-refractivity contribution is 0.258. The molecule has 5 nitrogen and oxygen atoms in total. The van der Waals surface area contributed by atoms with Crippen molar-refractivity contribution in [2.75, 3.05) is 13.2 Å². The number of sulfonamides is 1. The minimum absolute atomic E-state index is 0.0321. The maximum absolute atomic E-state index is 12.4. The van der Waals surface area contributed by atoms with Crippen LogP contribution in [0, 0.1) is 11.3 Å². The quantitative estimate of drug-likeness (QED) is 0.826. The van der Waals surface area contributed by atoms with Gasteiger partial charge in [-0.15, -0.1) is 0 Å². The number of hydrogen-bond acceptors (Lipinski definition) is 4. The Bertz CT molecular complexity index is 559. The van der Waals surface area contributed by atoms with Gasteiger partial charge in [0.25, 0.3) is 0 Å². The number of aliphatic hydroxyl groups is 1. The van der Waals surface area contributed by atoms with E-state index >= 15 is 0 Å². The molecule has 0 aliphatic carbocycles. The van der Waals surface area contributed by atoms with E-state index in [9.17, 15) is 8.42 Å². The molecule has 6 heteroatoms. The minimum Gasteiger partial charge on any atom is -0.396 e. The summed E-state index contributed by atoms with van der Waals surface area (Å²) >= 11 is 0. The number of aliphatic hydroxyl groups excluding tert-OH is 1. The summed E-state index contributed by atoms with van der Waals surface area (Å²) in [6.07, 6.45) is 0.421. The fraction of sp³-hybridized carbons (Fsp3) is 0.500. The molecule has 0 atom stereocenters. The van der Waals surface area contributed by atoms with E-state index in [0.717, 1.165) is 0 Å². The molecule has 0 amide bonds. The maximum Gasteiger partial charge on any atom is 0.218 e. The summed E-state index contributed by atoms with van der Waals surface area (Å²) in [5.74, 6) is -0.0949. The summed E-state index contributed by atoms with van der Waals surface area (Å²) in [5.41, 5.74) is 1.16. The van der Waals surface area contributed by atoms with Crippen molar-refractivity contribution in [3.63, 3.8) is 0 Å². The van der Waals surface area contributed by atoms with E-state index in [1.165, 1.54) is 4.31 Å². The monoisotopic (exact) mass is 296 g/mol. The second-order valence-corrected chi connectivity index (χ2v) is 6.77. The van der Waals surface area contributed by atoms with Gasteiger partial charge in [-0.2, -0.15) is 9.57 Å². The van der Waals surface area contributed by atoms with E-state index < -0.39 is 10.0 Å². The van der Waals surface area contributed by atoms with Crippen LogP contribution in [0.4, 0.5) is 0 Å². The Labute approximate surface area is 120 Å². The van der Waals surface area contributed by atoms with Gasteiger partial charge in [0.2, 0.25) is 10.0 Å². The first-order chi connectivity index (χ1) is 9.40. The fourth-order valence-electron chi connectivity index (χ4n) is 1.91. The number of hydrogen-bond donors (Lipinski definition) is 1. The van der Waals surface area contributed by atoms with Gasteiger partial charge in [0.15, 0.2) is 0 Å². The SMILES string of the molecule is CC(C)N(CCCO)S(=O)(=O)Cc1ccc(C#N)cc1. The molecule has 20 heavy (non-hydrogen) atoms. The number of nitrogens with zero attached hydrogens (tertiary/aromatic N) is 2. The molecule has 0 saturated carbocycles. The lowest BCUT2D eigenvalue weighted by atomic mass is 10.2. The maximum atomic E-state index is 12.4. The van der Waals surface area contributed by atoms with Crippen molar-refractivity contribution in [3.8, 4) is 6.07 Å². The zero-order valence-electron chi connectivity index (χ0n) is 11.8. The average Bonchev–Trinajstić information content (AvgIpc) is 2.39. The van der Waals surface area contributed by atoms with Crippen molar-refractivity contribution < 1.29 is 13.5 Å². The van der Waals surface area contributed by atoms with Crippen LogP contribution in [-0.4, -0.2) is 37.0 Å². The molecule has 0 saturated heterocycles. The van der Waals surface area contributed by atoms with Gasteiger partial charge in [-0.25, -0.2) is 8.42 Å². The van der Waals surface area contributed by atoms with E-state index in [4.69, 9.17) is 10.4 Å². The molecule has 0 spiro atoms. The van der Waals surface area contributed by atoms with E-state index in [1.54, 1.807) is 24.3 Å². The van der Waals surface area contributed by atoms with Crippen molar-refractivity contribution in [1.29, 1.82) is 5.26 Å².